The second-order valence-corrected chi connectivity index (χ2v) is 7.04. The van der Waals surface area contributed by atoms with E-state index in [-0.39, 0.29) is 16.9 Å². The van der Waals surface area contributed by atoms with Crippen molar-refractivity contribution in [3.05, 3.63) is 42.7 Å². The Balaban J connectivity index is 1.70. The van der Waals surface area contributed by atoms with Gasteiger partial charge in [0.15, 0.2) is 0 Å². The first-order valence-corrected chi connectivity index (χ1v) is 8.55. The highest BCUT2D eigenvalue weighted by Gasteiger charge is 2.33. The van der Waals surface area contributed by atoms with E-state index in [1.54, 1.807) is 18.5 Å². The Labute approximate surface area is 129 Å². The molecule has 1 aliphatic rings. The SMILES string of the molecule is Cn1ccnc1[C@@H]1OCC[C@H]1CNS(=O)(=O)c1cccnc1. The number of rotatable bonds is 5. The Morgan fingerprint density at radius 3 is 3.00 bits per heavy atom. The molecule has 118 valence electrons. The van der Waals surface area contributed by atoms with Crippen molar-refractivity contribution in [1.29, 1.82) is 0 Å². The maximum Gasteiger partial charge on any atom is 0.242 e. The van der Waals surface area contributed by atoms with Crippen molar-refractivity contribution >= 4 is 10.0 Å². The predicted octanol–water partition coefficient (Wildman–Crippen LogP) is 0.871. The molecule has 2 aromatic rings. The summed E-state index contributed by atoms with van der Waals surface area (Å²) in [4.78, 5) is 8.31. The molecule has 2 atom stereocenters. The van der Waals surface area contributed by atoms with Crippen molar-refractivity contribution in [1.82, 2.24) is 19.3 Å². The number of pyridine rings is 1. The van der Waals surface area contributed by atoms with Gasteiger partial charge in [-0.05, 0) is 18.6 Å². The molecule has 3 rings (SSSR count). The molecule has 0 saturated carbocycles. The summed E-state index contributed by atoms with van der Waals surface area (Å²) in [5.41, 5.74) is 0. The molecule has 0 spiro atoms. The number of hydrogen-bond acceptors (Lipinski definition) is 5. The fourth-order valence-corrected chi connectivity index (χ4v) is 3.64. The molecule has 0 radical (unpaired) electrons. The smallest absolute Gasteiger partial charge is 0.242 e. The molecular weight excluding hydrogens is 304 g/mol. The fourth-order valence-electron chi connectivity index (χ4n) is 2.59. The van der Waals surface area contributed by atoms with Crippen molar-refractivity contribution < 1.29 is 13.2 Å². The van der Waals surface area contributed by atoms with E-state index >= 15 is 0 Å². The number of aryl methyl sites for hydroxylation is 1. The van der Waals surface area contributed by atoms with Crippen LogP contribution in [0.3, 0.4) is 0 Å². The molecule has 1 aliphatic heterocycles. The topological polar surface area (TPSA) is 86.1 Å². The van der Waals surface area contributed by atoms with Gasteiger partial charge in [-0.2, -0.15) is 0 Å². The van der Waals surface area contributed by atoms with E-state index in [0.717, 1.165) is 12.2 Å². The Hall–Kier alpha value is -1.77. The lowest BCUT2D eigenvalue weighted by Crippen LogP contribution is -2.31. The van der Waals surface area contributed by atoms with Crippen LogP contribution in [0.1, 0.15) is 18.3 Å². The first kappa shape index (κ1) is 15.1. The minimum absolute atomic E-state index is 0.0625. The highest BCUT2D eigenvalue weighted by atomic mass is 32.2. The van der Waals surface area contributed by atoms with E-state index in [2.05, 4.69) is 14.7 Å². The lowest BCUT2D eigenvalue weighted by Gasteiger charge is -2.18. The quantitative estimate of drug-likeness (QED) is 0.883. The molecule has 1 N–H and O–H groups in total. The second-order valence-electron chi connectivity index (χ2n) is 5.28. The number of sulfonamides is 1. The highest BCUT2D eigenvalue weighted by molar-refractivity contribution is 7.89. The first-order chi connectivity index (χ1) is 10.6. The van der Waals surface area contributed by atoms with Gasteiger partial charge < -0.3 is 9.30 Å². The van der Waals surface area contributed by atoms with Gasteiger partial charge in [-0.15, -0.1) is 0 Å². The number of nitrogens with zero attached hydrogens (tertiary/aromatic N) is 3. The molecule has 1 fully saturated rings. The summed E-state index contributed by atoms with van der Waals surface area (Å²) in [6.45, 7) is 0.922. The number of hydrogen-bond donors (Lipinski definition) is 1. The molecule has 0 unspecified atom stereocenters. The molecule has 2 aromatic heterocycles. The van der Waals surface area contributed by atoms with Gasteiger partial charge in [-0.25, -0.2) is 18.1 Å². The van der Waals surface area contributed by atoms with Gasteiger partial charge in [-0.3, -0.25) is 4.98 Å². The second kappa shape index (κ2) is 6.15. The average Bonchev–Trinajstić information content (AvgIpc) is 3.14. The van der Waals surface area contributed by atoms with Gasteiger partial charge in [0, 0.05) is 50.9 Å². The van der Waals surface area contributed by atoms with Crippen LogP contribution in [0.4, 0.5) is 0 Å². The van der Waals surface area contributed by atoms with Gasteiger partial charge in [0.2, 0.25) is 10.0 Å². The molecular formula is C14H18N4O3S. The Kier molecular flexibility index (Phi) is 4.23. The van der Waals surface area contributed by atoms with Crippen molar-refractivity contribution in [2.45, 2.75) is 17.4 Å². The van der Waals surface area contributed by atoms with Crippen molar-refractivity contribution in [3.8, 4) is 0 Å². The summed E-state index contributed by atoms with van der Waals surface area (Å²) < 4.78 is 34.7. The van der Waals surface area contributed by atoms with E-state index in [0.29, 0.717) is 13.2 Å². The zero-order valence-corrected chi connectivity index (χ0v) is 13.0. The normalized spacial score (nSPS) is 22.0. The first-order valence-electron chi connectivity index (χ1n) is 7.06. The van der Waals surface area contributed by atoms with Crippen LogP contribution >= 0.6 is 0 Å². The van der Waals surface area contributed by atoms with Crippen molar-refractivity contribution in [2.24, 2.45) is 13.0 Å². The fraction of sp³-hybridized carbons (Fsp3) is 0.429. The van der Waals surface area contributed by atoms with Crippen molar-refractivity contribution in [3.63, 3.8) is 0 Å². The third-order valence-electron chi connectivity index (χ3n) is 3.81. The monoisotopic (exact) mass is 322 g/mol. The third-order valence-corrected chi connectivity index (χ3v) is 5.22. The summed E-state index contributed by atoms with van der Waals surface area (Å²) in [5, 5.41) is 0. The van der Waals surface area contributed by atoms with E-state index in [9.17, 15) is 8.42 Å². The van der Waals surface area contributed by atoms with Gasteiger partial charge >= 0.3 is 0 Å². The standard InChI is InChI=1S/C14H18N4O3S/c1-18-7-6-16-14(18)13-11(4-8-21-13)9-17-22(19,20)12-3-2-5-15-10-12/h2-3,5-7,10-11,13,17H,4,8-9H2,1H3/t11-,13+/m0/s1. The number of imidazole rings is 1. The molecule has 8 heteroatoms. The van der Waals surface area contributed by atoms with E-state index in [1.165, 1.54) is 12.3 Å². The minimum atomic E-state index is -3.55. The van der Waals surface area contributed by atoms with Crippen LogP contribution < -0.4 is 4.72 Å². The molecule has 0 bridgehead atoms. The van der Waals surface area contributed by atoms with Gasteiger partial charge in [0.1, 0.15) is 16.8 Å². The van der Waals surface area contributed by atoms with Crippen LogP contribution in [-0.4, -0.2) is 36.1 Å². The molecule has 3 heterocycles. The number of aromatic nitrogens is 3. The zero-order chi connectivity index (χ0) is 15.6. The van der Waals surface area contributed by atoms with E-state index in [4.69, 9.17) is 4.74 Å². The van der Waals surface area contributed by atoms with Crippen LogP contribution in [0.15, 0.2) is 41.8 Å². The maximum absolute atomic E-state index is 12.2. The Morgan fingerprint density at radius 1 is 1.45 bits per heavy atom. The maximum atomic E-state index is 12.2. The number of nitrogens with one attached hydrogen (secondary N) is 1. The van der Waals surface area contributed by atoms with Gasteiger partial charge in [-0.1, -0.05) is 0 Å². The van der Waals surface area contributed by atoms with Crippen molar-refractivity contribution in [2.75, 3.05) is 13.2 Å². The summed E-state index contributed by atoms with van der Waals surface area (Å²) in [5.74, 6) is 0.885. The predicted molar refractivity (Wildman–Crippen MR) is 79.4 cm³/mol. The summed E-state index contributed by atoms with van der Waals surface area (Å²) in [6, 6.07) is 3.13. The Morgan fingerprint density at radius 2 is 2.32 bits per heavy atom. The zero-order valence-electron chi connectivity index (χ0n) is 12.2. The molecule has 0 amide bonds. The van der Waals surface area contributed by atoms with Gasteiger partial charge in [0.05, 0.1) is 0 Å². The molecule has 0 aliphatic carbocycles. The largest absolute Gasteiger partial charge is 0.370 e. The van der Waals surface area contributed by atoms with E-state index < -0.39 is 10.0 Å². The van der Waals surface area contributed by atoms with Crippen LogP contribution in [0.25, 0.3) is 0 Å². The third kappa shape index (κ3) is 3.03. The number of ether oxygens (including phenoxy) is 1. The lowest BCUT2D eigenvalue weighted by atomic mass is 10.0. The van der Waals surface area contributed by atoms with Crippen LogP contribution in [0.5, 0.6) is 0 Å². The summed E-state index contributed by atoms with van der Waals surface area (Å²) >= 11 is 0. The molecule has 22 heavy (non-hydrogen) atoms. The molecule has 1 saturated heterocycles. The summed E-state index contributed by atoms with van der Waals surface area (Å²) in [6.07, 6.45) is 7.07. The van der Waals surface area contributed by atoms with Crippen LogP contribution in [-0.2, 0) is 21.8 Å². The average molecular weight is 322 g/mol. The summed E-state index contributed by atoms with van der Waals surface area (Å²) in [7, 11) is -1.64. The highest BCUT2D eigenvalue weighted by Crippen LogP contribution is 2.33. The van der Waals surface area contributed by atoms with Crippen LogP contribution in [0.2, 0.25) is 0 Å². The molecule has 7 nitrogen and oxygen atoms in total. The van der Waals surface area contributed by atoms with E-state index in [1.807, 2.05) is 17.8 Å². The molecule has 0 aromatic carbocycles. The van der Waals surface area contributed by atoms with Gasteiger partial charge in [0.25, 0.3) is 0 Å². The Bertz CT molecular complexity index is 730. The minimum Gasteiger partial charge on any atom is -0.370 e. The lowest BCUT2D eigenvalue weighted by molar-refractivity contribution is 0.0823. The van der Waals surface area contributed by atoms with Crippen LogP contribution in [0, 0.1) is 5.92 Å².